The van der Waals surface area contributed by atoms with Gasteiger partial charge in [-0.1, -0.05) is 25.9 Å². The summed E-state index contributed by atoms with van der Waals surface area (Å²) in [6.45, 7) is 8.45. The number of pyridine rings is 1. The maximum absolute atomic E-state index is 12.7. The minimum absolute atomic E-state index is 0.0179. The molecule has 12 nitrogen and oxygen atoms in total. The largest absolute Gasteiger partial charge is 0.470 e. The Hall–Kier alpha value is -3.87. The van der Waals surface area contributed by atoms with E-state index in [4.69, 9.17) is 9.26 Å². The van der Waals surface area contributed by atoms with Gasteiger partial charge in [0.2, 0.25) is 11.7 Å². The summed E-state index contributed by atoms with van der Waals surface area (Å²) in [6, 6.07) is 7.03. The van der Waals surface area contributed by atoms with E-state index in [1.165, 1.54) is 11.1 Å². The molecule has 4 aromatic rings. The van der Waals surface area contributed by atoms with Crippen molar-refractivity contribution in [2.24, 2.45) is 0 Å². The molecule has 0 bridgehead atoms. The predicted octanol–water partition coefficient (Wildman–Crippen LogP) is 2.23. The van der Waals surface area contributed by atoms with Crippen molar-refractivity contribution in [2.45, 2.75) is 39.7 Å². The molecule has 5 rings (SSSR count). The van der Waals surface area contributed by atoms with Gasteiger partial charge in [-0.3, -0.25) is 9.78 Å². The van der Waals surface area contributed by atoms with E-state index in [9.17, 15) is 13.2 Å². The fourth-order valence-corrected chi connectivity index (χ4v) is 5.17. The van der Waals surface area contributed by atoms with Gasteiger partial charge in [0.25, 0.3) is 5.91 Å². The minimum atomic E-state index is -3.06. The van der Waals surface area contributed by atoms with Crippen LogP contribution < -0.4 is 4.74 Å². The van der Waals surface area contributed by atoms with Crippen molar-refractivity contribution in [1.29, 1.82) is 0 Å². The normalized spacial score (nSPS) is 15.7. The molecule has 0 radical (unpaired) electrons. The highest BCUT2D eigenvalue weighted by Gasteiger charge is 2.27. The van der Waals surface area contributed by atoms with Crippen molar-refractivity contribution < 1.29 is 22.5 Å². The van der Waals surface area contributed by atoms with Gasteiger partial charge in [-0.2, -0.15) is 4.52 Å². The fraction of sp³-hybridized carbons (Fsp3) is 0.417. The summed E-state index contributed by atoms with van der Waals surface area (Å²) in [5, 5.41) is 17.2. The zero-order valence-corrected chi connectivity index (χ0v) is 21.8. The molecule has 13 heteroatoms. The van der Waals surface area contributed by atoms with Gasteiger partial charge in [0.05, 0.1) is 22.8 Å². The number of hydrogen-bond acceptors (Lipinski definition) is 10. The Kier molecular flexibility index (Phi) is 6.18. The summed E-state index contributed by atoms with van der Waals surface area (Å²) in [5.74, 6) is 1.21. The lowest BCUT2D eigenvalue weighted by Gasteiger charge is -2.26. The van der Waals surface area contributed by atoms with Crippen LogP contribution in [0.3, 0.4) is 0 Å². The number of ether oxygens (including phenoxy) is 1. The van der Waals surface area contributed by atoms with Gasteiger partial charge in [-0.15, -0.1) is 15.3 Å². The molecule has 0 N–H and O–H groups in total. The monoisotopic (exact) mass is 525 g/mol. The Morgan fingerprint density at radius 2 is 1.89 bits per heavy atom. The zero-order valence-electron chi connectivity index (χ0n) is 21.0. The molecule has 37 heavy (non-hydrogen) atoms. The molecule has 0 atom stereocenters. The van der Waals surface area contributed by atoms with E-state index < -0.39 is 9.84 Å². The zero-order chi connectivity index (χ0) is 26.4. The number of aromatic nitrogens is 6. The topological polar surface area (TPSA) is 146 Å². The van der Waals surface area contributed by atoms with Crippen molar-refractivity contribution >= 4 is 21.4 Å². The first-order chi connectivity index (χ1) is 17.5. The number of fused-ring (bicyclic) bond motifs is 1. The fourth-order valence-electron chi connectivity index (χ4n) is 3.97. The Morgan fingerprint density at radius 3 is 2.51 bits per heavy atom. The molecule has 0 aliphatic carbocycles. The van der Waals surface area contributed by atoms with E-state index in [0.29, 0.717) is 40.1 Å². The second kappa shape index (κ2) is 9.21. The molecular weight excluding hydrogens is 498 g/mol. The third-order valence-electron chi connectivity index (χ3n) is 6.08. The second-order valence-corrected chi connectivity index (χ2v) is 12.3. The molecule has 1 amide bonds. The first-order valence-corrected chi connectivity index (χ1v) is 13.6. The van der Waals surface area contributed by atoms with Gasteiger partial charge in [0.1, 0.15) is 12.4 Å². The number of carbonyl (C=O) groups excluding carboxylic acids is 1. The van der Waals surface area contributed by atoms with Crippen LogP contribution in [-0.2, 0) is 21.9 Å². The maximum atomic E-state index is 12.7. The third kappa shape index (κ3) is 5.17. The van der Waals surface area contributed by atoms with Gasteiger partial charge in [-0.05, 0) is 30.5 Å². The van der Waals surface area contributed by atoms with E-state index in [0.717, 1.165) is 5.56 Å². The molecule has 4 aromatic heterocycles. The van der Waals surface area contributed by atoms with E-state index in [2.05, 4.69) is 46.2 Å². The lowest BCUT2D eigenvalue weighted by molar-refractivity contribution is 0.0769. The number of hydrogen-bond donors (Lipinski definition) is 0. The highest BCUT2D eigenvalue weighted by molar-refractivity contribution is 7.91. The van der Waals surface area contributed by atoms with Crippen LogP contribution in [-0.4, -0.2) is 73.8 Å². The number of sulfone groups is 1. The average Bonchev–Trinajstić information content (AvgIpc) is 3.47. The van der Waals surface area contributed by atoms with Crippen LogP contribution in [0.25, 0.3) is 17.2 Å². The maximum Gasteiger partial charge on any atom is 0.255 e. The Bertz CT molecular complexity index is 1560. The molecule has 0 aromatic carbocycles. The molecule has 1 fully saturated rings. The van der Waals surface area contributed by atoms with E-state index in [1.807, 2.05) is 6.07 Å². The Morgan fingerprint density at radius 1 is 1.14 bits per heavy atom. The number of aryl methyl sites for hydroxylation is 1. The van der Waals surface area contributed by atoms with Crippen LogP contribution in [0.1, 0.15) is 48.1 Å². The molecule has 1 saturated heterocycles. The van der Waals surface area contributed by atoms with Crippen molar-refractivity contribution in [1.82, 2.24) is 34.9 Å². The number of carbonyl (C=O) groups is 1. The van der Waals surface area contributed by atoms with Crippen LogP contribution in [0.5, 0.6) is 5.88 Å². The van der Waals surface area contributed by atoms with E-state index in [-0.39, 0.29) is 42.5 Å². The molecule has 1 aliphatic heterocycles. The first kappa shape index (κ1) is 24.8. The van der Waals surface area contributed by atoms with Crippen LogP contribution in [0.2, 0.25) is 0 Å². The molecule has 5 heterocycles. The van der Waals surface area contributed by atoms with Gasteiger partial charge in [-0.25, -0.2) is 8.42 Å². The summed E-state index contributed by atoms with van der Waals surface area (Å²) in [5.41, 5.74) is 2.64. The van der Waals surface area contributed by atoms with Gasteiger partial charge in [0, 0.05) is 30.9 Å². The molecule has 194 valence electrons. The SMILES string of the molecule is Cc1cc(-c2nnc3cc(C(C)(C)C)c(OCc4ccc(C(=O)N5CCS(=O)(=O)CC5)cn4)nn23)no1. The quantitative estimate of drug-likeness (QED) is 0.380. The predicted molar refractivity (Wildman–Crippen MR) is 133 cm³/mol. The molecule has 0 saturated carbocycles. The minimum Gasteiger partial charge on any atom is -0.470 e. The number of amides is 1. The lowest BCUT2D eigenvalue weighted by atomic mass is 9.88. The van der Waals surface area contributed by atoms with Crippen LogP contribution in [0.15, 0.2) is 35.0 Å². The van der Waals surface area contributed by atoms with Crippen LogP contribution in [0, 0.1) is 6.92 Å². The van der Waals surface area contributed by atoms with Crippen molar-refractivity contribution in [3.8, 4) is 17.4 Å². The van der Waals surface area contributed by atoms with Gasteiger partial charge in [0.15, 0.2) is 21.2 Å². The average molecular weight is 526 g/mol. The Balaban J connectivity index is 1.36. The molecule has 0 spiro atoms. The summed E-state index contributed by atoms with van der Waals surface area (Å²) >= 11 is 0. The molecular formula is C24H27N7O5S. The first-order valence-electron chi connectivity index (χ1n) is 11.8. The highest BCUT2D eigenvalue weighted by atomic mass is 32.2. The molecule has 0 unspecified atom stereocenters. The smallest absolute Gasteiger partial charge is 0.255 e. The number of nitrogens with zero attached hydrogens (tertiary/aromatic N) is 7. The summed E-state index contributed by atoms with van der Waals surface area (Å²) < 4.78 is 36.1. The van der Waals surface area contributed by atoms with E-state index >= 15 is 0 Å². The second-order valence-electron chi connectivity index (χ2n) is 10.0. The number of rotatable bonds is 5. The molecule has 1 aliphatic rings. The standard InChI is InChI=1S/C24H27N7O5S/c1-15-11-19(29-36-15)21-27-26-20-12-18(24(2,3)4)22(28-31(20)21)35-14-17-6-5-16(13-25-17)23(32)30-7-9-37(33,34)10-8-30/h5-6,11-13H,7-10,14H2,1-4H3. The van der Waals surface area contributed by atoms with Gasteiger partial charge >= 0.3 is 0 Å². The van der Waals surface area contributed by atoms with Crippen molar-refractivity contribution in [3.05, 3.63) is 53.0 Å². The summed E-state index contributed by atoms with van der Waals surface area (Å²) in [4.78, 5) is 18.6. The highest BCUT2D eigenvalue weighted by Crippen LogP contribution is 2.32. The van der Waals surface area contributed by atoms with Crippen LogP contribution >= 0.6 is 0 Å². The van der Waals surface area contributed by atoms with E-state index in [1.54, 1.807) is 29.6 Å². The lowest BCUT2D eigenvalue weighted by Crippen LogP contribution is -2.43. The van der Waals surface area contributed by atoms with Crippen molar-refractivity contribution in [2.75, 3.05) is 24.6 Å². The Labute approximate surface area is 213 Å². The van der Waals surface area contributed by atoms with Gasteiger partial charge < -0.3 is 14.2 Å². The summed E-state index contributed by atoms with van der Waals surface area (Å²) in [6.07, 6.45) is 1.48. The van der Waals surface area contributed by atoms with Crippen molar-refractivity contribution in [3.63, 3.8) is 0 Å². The van der Waals surface area contributed by atoms with Crippen LogP contribution in [0.4, 0.5) is 0 Å². The third-order valence-corrected chi connectivity index (χ3v) is 7.69. The summed E-state index contributed by atoms with van der Waals surface area (Å²) in [7, 11) is -3.06.